The number of rotatable bonds is 9. The lowest BCUT2D eigenvalue weighted by atomic mass is 10.2. The van der Waals surface area contributed by atoms with Crippen LogP contribution in [0.15, 0.2) is 17.6 Å². The van der Waals surface area contributed by atoms with Crippen molar-refractivity contribution in [3.8, 4) is 0 Å². The Balaban J connectivity index is 4.10. The number of amides is 1. The van der Waals surface area contributed by atoms with Gasteiger partial charge in [0.25, 0.3) is 0 Å². The Morgan fingerprint density at radius 1 is 1.30 bits per heavy atom. The van der Waals surface area contributed by atoms with Gasteiger partial charge in [-0.2, -0.15) is 0 Å². The standard InChI is InChI=1S/C17H34N4O2/c1-7-9-10-14-21(6)15(18-8-2)19-12-11-13-20-16(22)23-17(3,4)5/h7H,1,8-14H2,2-6H3,(H,18,19)(H,20,22). The first-order valence-electron chi connectivity index (χ1n) is 8.37. The van der Waals surface area contributed by atoms with Crippen molar-refractivity contribution in [3.05, 3.63) is 12.7 Å². The first-order valence-corrected chi connectivity index (χ1v) is 8.37. The predicted molar refractivity (Wildman–Crippen MR) is 96.9 cm³/mol. The lowest BCUT2D eigenvalue weighted by molar-refractivity contribution is 0.0527. The second kappa shape index (κ2) is 11.8. The Morgan fingerprint density at radius 2 is 2.00 bits per heavy atom. The van der Waals surface area contributed by atoms with Crippen molar-refractivity contribution in [1.29, 1.82) is 0 Å². The van der Waals surface area contributed by atoms with Crippen LogP contribution in [0.3, 0.4) is 0 Å². The molecule has 0 aliphatic rings. The summed E-state index contributed by atoms with van der Waals surface area (Å²) in [6.07, 6.45) is 4.39. The highest BCUT2D eigenvalue weighted by molar-refractivity contribution is 5.79. The molecule has 0 saturated carbocycles. The molecule has 0 atom stereocenters. The quantitative estimate of drug-likeness (QED) is 0.296. The van der Waals surface area contributed by atoms with Crippen LogP contribution in [0.5, 0.6) is 0 Å². The third-order valence-electron chi connectivity index (χ3n) is 2.86. The molecule has 0 aliphatic carbocycles. The minimum absolute atomic E-state index is 0.380. The van der Waals surface area contributed by atoms with Crippen LogP contribution in [0.4, 0.5) is 4.79 Å². The van der Waals surface area contributed by atoms with Crippen molar-refractivity contribution in [2.75, 3.05) is 33.2 Å². The number of ether oxygens (including phenoxy) is 1. The molecule has 0 aromatic heterocycles. The van der Waals surface area contributed by atoms with Crippen molar-refractivity contribution in [2.24, 2.45) is 4.99 Å². The van der Waals surface area contributed by atoms with Crippen molar-refractivity contribution >= 4 is 12.1 Å². The summed E-state index contributed by atoms with van der Waals surface area (Å²) in [4.78, 5) is 18.2. The predicted octanol–water partition coefficient (Wildman–Crippen LogP) is 2.76. The van der Waals surface area contributed by atoms with Gasteiger partial charge in [-0.1, -0.05) is 6.08 Å². The molecule has 0 fully saturated rings. The zero-order valence-electron chi connectivity index (χ0n) is 15.4. The molecule has 0 bridgehead atoms. The van der Waals surface area contributed by atoms with E-state index in [9.17, 15) is 4.79 Å². The second-order valence-electron chi connectivity index (χ2n) is 6.37. The molecule has 0 rings (SSSR count). The minimum atomic E-state index is -0.464. The maximum Gasteiger partial charge on any atom is 0.407 e. The molecule has 0 saturated heterocycles. The summed E-state index contributed by atoms with van der Waals surface area (Å²) in [7, 11) is 2.03. The maximum absolute atomic E-state index is 11.5. The van der Waals surface area contributed by atoms with E-state index in [4.69, 9.17) is 4.74 Å². The molecule has 2 N–H and O–H groups in total. The Morgan fingerprint density at radius 3 is 2.57 bits per heavy atom. The molecular weight excluding hydrogens is 292 g/mol. The van der Waals surface area contributed by atoms with Crippen molar-refractivity contribution in [1.82, 2.24) is 15.5 Å². The molecule has 0 unspecified atom stereocenters. The largest absolute Gasteiger partial charge is 0.444 e. The third kappa shape index (κ3) is 12.5. The van der Waals surface area contributed by atoms with Gasteiger partial charge in [0.15, 0.2) is 5.96 Å². The number of nitrogens with one attached hydrogen (secondary N) is 2. The van der Waals surface area contributed by atoms with Crippen LogP contribution in [0.2, 0.25) is 0 Å². The van der Waals surface area contributed by atoms with E-state index in [0.717, 1.165) is 38.3 Å². The summed E-state index contributed by atoms with van der Waals surface area (Å²) in [6.45, 7) is 14.3. The third-order valence-corrected chi connectivity index (χ3v) is 2.86. The fourth-order valence-electron chi connectivity index (χ4n) is 1.82. The van der Waals surface area contributed by atoms with E-state index in [2.05, 4.69) is 34.0 Å². The van der Waals surface area contributed by atoms with E-state index >= 15 is 0 Å². The summed E-state index contributed by atoms with van der Waals surface area (Å²) in [5.74, 6) is 0.897. The second-order valence-corrected chi connectivity index (χ2v) is 6.37. The van der Waals surface area contributed by atoms with Gasteiger partial charge in [0.05, 0.1) is 0 Å². The molecule has 6 nitrogen and oxygen atoms in total. The Hall–Kier alpha value is -1.72. The molecule has 134 valence electrons. The number of allylic oxidation sites excluding steroid dienone is 1. The van der Waals surface area contributed by atoms with Gasteiger partial charge < -0.3 is 20.3 Å². The number of hydrogen-bond donors (Lipinski definition) is 2. The molecular formula is C17H34N4O2. The lowest BCUT2D eigenvalue weighted by Gasteiger charge is -2.22. The fraction of sp³-hybridized carbons (Fsp3) is 0.765. The van der Waals surface area contributed by atoms with Crippen LogP contribution in [0, 0.1) is 0 Å². The van der Waals surface area contributed by atoms with Crippen LogP contribution >= 0.6 is 0 Å². The molecule has 6 heteroatoms. The number of guanidine groups is 1. The first-order chi connectivity index (χ1) is 10.8. The molecule has 23 heavy (non-hydrogen) atoms. The Bertz CT molecular complexity index is 375. The number of aliphatic imine (C=N–C) groups is 1. The highest BCUT2D eigenvalue weighted by atomic mass is 16.6. The zero-order valence-corrected chi connectivity index (χ0v) is 15.4. The van der Waals surface area contributed by atoms with E-state index in [1.54, 1.807) is 0 Å². The highest BCUT2D eigenvalue weighted by Gasteiger charge is 2.15. The topological polar surface area (TPSA) is 66.0 Å². The van der Waals surface area contributed by atoms with Crippen molar-refractivity contribution in [2.45, 2.75) is 52.6 Å². The SMILES string of the molecule is C=CCCCN(C)C(=NCCCNC(=O)OC(C)(C)C)NCC. The Labute approximate surface area is 141 Å². The molecule has 0 aromatic carbocycles. The van der Waals surface area contributed by atoms with Gasteiger partial charge in [-0.05, 0) is 47.0 Å². The van der Waals surface area contributed by atoms with E-state index in [0.29, 0.717) is 13.1 Å². The van der Waals surface area contributed by atoms with Crippen LogP contribution in [-0.2, 0) is 4.74 Å². The van der Waals surface area contributed by atoms with Gasteiger partial charge in [0, 0.05) is 33.2 Å². The molecule has 0 heterocycles. The van der Waals surface area contributed by atoms with Crippen LogP contribution < -0.4 is 10.6 Å². The lowest BCUT2D eigenvalue weighted by Crippen LogP contribution is -2.39. The van der Waals surface area contributed by atoms with Crippen LogP contribution in [0.1, 0.15) is 47.0 Å². The first kappa shape index (κ1) is 21.3. The summed E-state index contributed by atoms with van der Waals surface area (Å²) in [5.41, 5.74) is -0.464. The summed E-state index contributed by atoms with van der Waals surface area (Å²) < 4.78 is 5.18. The Kier molecular flexibility index (Phi) is 10.9. The van der Waals surface area contributed by atoms with E-state index < -0.39 is 5.60 Å². The number of nitrogens with zero attached hydrogens (tertiary/aromatic N) is 2. The van der Waals surface area contributed by atoms with Gasteiger partial charge in [-0.3, -0.25) is 4.99 Å². The molecule has 0 aliphatic heterocycles. The summed E-state index contributed by atoms with van der Waals surface area (Å²) in [6, 6.07) is 0. The number of hydrogen-bond acceptors (Lipinski definition) is 3. The zero-order chi connectivity index (χ0) is 17.7. The smallest absolute Gasteiger partial charge is 0.407 e. The van der Waals surface area contributed by atoms with E-state index in [1.807, 2.05) is 33.9 Å². The number of alkyl carbamates (subject to hydrolysis) is 1. The maximum atomic E-state index is 11.5. The van der Waals surface area contributed by atoms with Gasteiger partial charge in [-0.15, -0.1) is 6.58 Å². The monoisotopic (exact) mass is 326 g/mol. The van der Waals surface area contributed by atoms with Crippen LogP contribution in [0.25, 0.3) is 0 Å². The van der Waals surface area contributed by atoms with Gasteiger partial charge in [0.1, 0.15) is 5.60 Å². The molecule has 0 aromatic rings. The highest BCUT2D eigenvalue weighted by Crippen LogP contribution is 2.06. The van der Waals surface area contributed by atoms with Crippen molar-refractivity contribution in [3.63, 3.8) is 0 Å². The fourth-order valence-corrected chi connectivity index (χ4v) is 1.82. The van der Waals surface area contributed by atoms with E-state index in [1.165, 1.54) is 0 Å². The number of carbonyl (C=O) groups is 1. The average molecular weight is 326 g/mol. The normalized spacial score (nSPS) is 11.8. The molecule has 0 spiro atoms. The van der Waals surface area contributed by atoms with Crippen molar-refractivity contribution < 1.29 is 9.53 Å². The number of carbonyl (C=O) groups excluding carboxylic acids is 1. The average Bonchev–Trinajstić information content (AvgIpc) is 2.44. The summed E-state index contributed by atoms with van der Waals surface area (Å²) in [5, 5.41) is 6.02. The van der Waals surface area contributed by atoms with Gasteiger partial charge >= 0.3 is 6.09 Å². The minimum Gasteiger partial charge on any atom is -0.444 e. The van der Waals surface area contributed by atoms with Gasteiger partial charge in [0.2, 0.25) is 0 Å². The van der Waals surface area contributed by atoms with Gasteiger partial charge in [-0.25, -0.2) is 4.79 Å². The molecule has 0 radical (unpaired) electrons. The summed E-state index contributed by atoms with van der Waals surface area (Å²) >= 11 is 0. The molecule has 1 amide bonds. The van der Waals surface area contributed by atoms with Crippen LogP contribution in [-0.4, -0.2) is 55.8 Å². The van der Waals surface area contributed by atoms with E-state index in [-0.39, 0.29) is 6.09 Å². The number of unbranched alkanes of at least 4 members (excludes halogenated alkanes) is 1.